The molecule has 2 aliphatic rings. The van der Waals surface area contributed by atoms with Gasteiger partial charge in [0.1, 0.15) is 16.9 Å². The highest BCUT2D eigenvalue weighted by atomic mass is 16.5. The summed E-state index contributed by atoms with van der Waals surface area (Å²) in [5.74, 6) is 1.27. The summed E-state index contributed by atoms with van der Waals surface area (Å²) in [7, 11) is 2.15. The van der Waals surface area contributed by atoms with Crippen LogP contribution >= 0.6 is 0 Å². The van der Waals surface area contributed by atoms with Gasteiger partial charge in [-0.25, -0.2) is 0 Å². The van der Waals surface area contributed by atoms with E-state index in [1.54, 1.807) is 6.20 Å². The second-order valence-corrected chi connectivity index (χ2v) is 8.93. The Labute approximate surface area is 178 Å². The van der Waals surface area contributed by atoms with Crippen molar-refractivity contribution in [2.24, 2.45) is 5.92 Å². The van der Waals surface area contributed by atoms with Crippen LogP contribution in [0.15, 0.2) is 29.0 Å². The van der Waals surface area contributed by atoms with Gasteiger partial charge in [0.15, 0.2) is 0 Å². The number of amides is 1. The van der Waals surface area contributed by atoms with E-state index in [9.17, 15) is 4.79 Å². The lowest BCUT2D eigenvalue weighted by molar-refractivity contribution is -0.168. The van der Waals surface area contributed by atoms with Gasteiger partial charge in [0.25, 0.3) is 5.91 Å². The van der Waals surface area contributed by atoms with E-state index in [4.69, 9.17) is 9.26 Å². The van der Waals surface area contributed by atoms with Gasteiger partial charge in [-0.3, -0.25) is 9.78 Å². The zero-order chi connectivity index (χ0) is 21.1. The van der Waals surface area contributed by atoms with Crippen molar-refractivity contribution in [3.63, 3.8) is 0 Å². The Balaban J connectivity index is 1.25. The minimum Gasteiger partial charge on any atom is -0.371 e. The lowest BCUT2D eigenvalue weighted by Crippen LogP contribution is -2.66. The zero-order valence-corrected chi connectivity index (χ0v) is 18.3. The van der Waals surface area contributed by atoms with Crippen molar-refractivity contribution in [2.75, 3.05) is 33.3 Å². The van der Waals surface area contributed by atoms with Gasteiger partial charge >= 0.3 is 0 Å². The molecule has 4 rings (SSSR count). The number of rotatable bonds is 7. The van der Waals surface area contributed by atoms with Crippen LogP contribution in [0.5, 0.6) is 0 Å². The fourth-order valence-corrected chi connectivity index (χ4v) is 4.66. The molecule has 2 fully saturated rings. The molecule has 30 heavy (non-hydrogen) atoms. The molecular formula is C23H32N4O3. The van der Waals surface area contributed by atoms with E-state index < -0.39 is 0 Å². The van der Waals surface area contributed by atoms with E-state index in [1.807, 2.05) is 24.1 Å². The molecule has 1 spiro atoms. The number of hydrogen-bond acceptors (Lipinski definition) is 6. The third kappa shape index (κ3) is 4.42. The summed E-state index contributed by atoms with van der Waals surface area (Å²) in [5, 5.41) is 4.01. The highest BCUT2D eigenvalue weighted by Crippen LogP contribution is 2.37. The standard InChI is InChI=1S/C23H32N4O3/c1-4-6-20-21(17(2)25-30-20)22(28)27-15-23(16-27)9-8-19(14-29-23)13-26(3)12-18-7-5-10-24-11-18/h5,7,10-11,19H,4,6,8-9,12-16H2,1-3H3/t19-/m0/s1. The maximum Gasteiger partial charge on any atom is 0.259 e. The van der Waals surface area contributed by atoms with Crippen LogP contribution in [0, 0.1) is 12.8 Å². The van der Waals surface area contributed by atoms with Crippen molar-refractivity contribution in [3.8, 4) is 0 Å². The minimum atomic E-state index is -0.163. The lowest BCUT2D eigenvalue weighted by atomic mass is 9.82. The maximum atomic E-state index is 13.0. The predicted molar refractivity (Wildman–Crippen MR) is 113 cm³/mol. The zero-order valence-electron chi connectivity index (χ0n) is 18.3. The second kappa shape index (κ2) is 8.86. The summed E-state index contributed by atoms with van der Waals surface area (Å²) in [6.07, 6.45) is 7.54. The molecule has 0 unspecified atom stereocenters. The summed E-state index contributed by atoms with van der Waals surface area (Å²) in [5.41, 5.74) is 2.40. The Morgan fingerprint density at radius 3 is 2.90 bits per heavy atom. The van der Waals surface area contributed by atoms with Crippen molar-refractivity contribution in [2.45, 2.75) is 51.7 Å². The Kier molecular flexibility index (Phi) is 6.20. The number of ether oxygens (including phenoxy) is 1. The van der Waals surface area contributed by atoms with E-state index in [0.717, 1.165) is 45.4 Å². The fourth-order valence-electron chi connectivity index (χ4n) is 4.66. The van der Waals surface area contributed by atoms with Gasteiger partial charge in [0, 0.05) is 31.9 Å². The first-order chi connectivity index (χ1) is 14.5. The van der Waals surface area contributed by atoms with Gasteiger partial charge in [0.2, 0.25) is 0 Å². The fraction of sp³-hybridized carbons (Fsp3) is 0.609. The summed E-state index contributed by atoms with van der Waals surface area (Å²) in [6.45, 7) is 7.91. The van der Waals surface area contributed by atoms with Crippen LogP contribution in [0.4, 0.5) is 0 Å². The molecule has 1 atom stereocenters. The van der Waals surface area contributed by atoms with E-state index in [0.29, 0.717) is 36.0 Å². The van der Waals surface area contributed by atoms with E-state index in [2.05, 4.69) is 35.1 Å². The van der Waals surface area contributed by atoms with Crippen molar-refractivity contribution in [1.82, 2.24) is 19.9 Å². The third-order valence-electron chi connectivity index (χ3n) is 6.25. The van der Waals surface area contributed by atoms with E-state index in [-0.39, 0.29) is 11.5 Å². The molecule has 2 aliphatic heterocycles. The molecule has 4 heterocycles. The summed E-state index contributed by atoms with van der Waals surface area (Å²) < 4.78 is 11.7. The van der Waals surface area contributed by atoms with Gasteiger partial charge in [-0.15, -0.1) is 0 Å². The van der Waals surface area contributed by atoms with Gasteiger partial charge in [-0.1, -0.05) is 18.1 Å². The number of hydrogen-bond donors (Lipinski definition) is 0. The number of aryl methyl sites for hydroxylation is 2. The molecule has 0 radical (unpaired) electrons. The van der Waals surface area contributed by atoms with Crippen molar-refractivity contribution in [3.05, 3.63) is 47.1 Å². The Morgan fingerprint density at radius 1 is 1.40 bits per heavy atom. The van der Waals surface area contributed by atoms with E-state index >= 15 is 0 Å². The molecule has 0 saturated carbocycles. The number of likely N-dealkylation sites (tertiary alicyclic amines) is 1. The Bertz CT molecular complexity index is 851. The first-order valence-electron chi connectivity index (χ1n) is 11.0. The summed E-state index contributed by atoms with van der Waals surface area (Å²) >= 11 is 0. The van der Waals surface area contributed by atoms with Gasteiger partial charge < -0.3 is 19.1 Å². The van der Waals surface area contributed by atoms with Crippen LogP contribution in [0.25, 0.3) is 0 Å². The van der Waals surface area contributed by atoms with Gasteiger partial charge in [-0.05, 0) is 50.8 Å². The monoisotopic (exact) mass is 412 g/mol. The molecule has 0 N–H and O–H groups in total. The first-order valence-corrected chi connectivity index (χ1v) is 11.0. The molecule has 7 heteroatoms. The highest BCUT2D eigenvalue weighted by molar-refractivity contribution is 5.96. The smallest absolute Gasteiger partial charge is 0.259 e. The highest BCUT2D eigenvalue weighted by Gasteiger charge is 2.49. The number of carbonyl (C=O) groups is 1. The molecule has 0 aliphatic carbocycles. The van der Waals surface area contributed by atoms with Crippen LogP contribution in [-0.4, -0.2) is 64.7 Å². The SMILES string of the molecule is CCCc1onc(C)c1C(=O)N1CC2(CC[C@@H](CN(C)Cc3cccnc3)CO2)C1. The van der Waals surface area contributed by atoms with Gasteiger partial charge in [0.05, 0.1) is 25.4 Å². The molecular weight excluding hydrogens is 380 g/mol. The summed E-state index contributed by atoms with van der Waals surface area (Å²) in [4.78, 5) is 21.4. The van der Waals surface area contributed by atoms with Crippen molar-refractivity contribution < 1.29 is 14.1 Å². The number of carbonyl (C=O) groups excluding carboxylic acids is 1. The number of pyridine rings is 1. The minimum absolute atomic E-state index is 0.0322. The van der Waals surface area contributed by atoms with Crippen LogP contribution in [0.2, 0.25) is 0 Å². The Morgan fingerprint density at radius 2 is 2.23 bits per heavy atom. The molecule has 2 saturated heterocycles. The van der Waals surface area contributed by atoms with Crippen molar-refractivity contribution >= 4 is 5.91 Å². The number of nitrogens with zero attached hydrogens (tertiary/aromatic N) is 4. The topological polar surface area (TPSA) is 71.7 Å². The molecule has 0 aromatic carbocycles. The third-order valence-corrected chi connectivity index (χ3v) is 6.25. The van der Waals surface area contributed by atoms with Crippen LogP contribution in [0.3, 0.4) is 0 Å². The lowest BCUT2D eigenvalue weighted by Gasteiger charge is -2.53. The average molecular weight is 413 g/mol. The summed E-state index contributed by atoms with van der Waals surface area (Å²) in [6, 6.07) is 4.09. The molecule has 0 bridgehead atoms. The van der Waals surface area contributed by atoms with Crippen molar-refractivity contribution in [1.29, 1.82) is 0 Å². The van der Waals surface area contributed by atoms with Crippen LogP contribution in [-0.2, 0) is 17.7 Å². The quantitative estimate of drug-likeness (QED) is 0.696. The van der Waals surface area contributed by atoms with Crippen LogP contribution in [0.1, 0.15) is 53.6 Å². The molecule has 2 aromatic rings. The maximum absolute atomic E-state index is 13.0. The molecule has 7 nitrogen and oxygen atoms in total. The Hall–Kier alpha value is -2.25. The normalized spacial score (nSPS) is 20.5. The van der Waals surface area contributed by atoms with E-state index in [1.165, 1.54) is 5.56 Å². The largest absolute Gasteiger partial charge is 0.371 e. The van der Waals surface area contributed by atoms with Gasteiger partial charge in [-0.2, -0.15) is 0 Å². The predicted octanol–water partition coefficient (Wildman–Crippen LogP) is 3.08. The molecule has 1 amide bonds. The molecule has 162 valence electrons. The number of aromatic nitrogens is 2. The first kappa shape index (κ1) is 21.0. The van der Waals surface area contributed by atoms with Crippen LogP contribution < -0.4 is 0 Å². The second-order valence-electron chi connectivity index (χ2n) is 8.93. The molecule has 2 aromatic heterocycles. The average Bonchev–Trinajstić information content (AvgIpc) is 3.07.